The molecular formula is C11H20N4O2. The van der Waals surface area contributed by atoms with E-state index >= 15 is 0 Å². The maximum absolute atomic E-state index is 11.9. The van der Waals surface area contributed by atoms with Crippen LogP contribution < -0.4 is 0 Å². The number of carbonyl (C=O) groups is 1. The summed E-state index contributed by atoms with van der Waals surface area (Å²) >= 11 is 0. The Hall–Kier alpha value is -1.42. The Morgan fingerprint density at radius 3 is 2.76 bits per heavy atom. The minimum absolute atomic E-state index is 0.0317. The topological polar surface area (TPSA) is 78.3 Å². The maximum Gasteiger partial charge on any atom is 0.410 e. The fourth-order valence-electron chi connectivity index (χ4n) is 2.00. The van der Waals surface area contributed by atoms with Gasteiger partial charge in [0.15, 0.2) is 0 Å². The van der Waals surface area contributed by atoms with Gasteiger partial charge in [0.1, 0.15) is 5.60 Å². The molecule has 0 aliphatic carbocycles. The van der Waals surface area contributed by atoms with Gasteiger partial charge in [0.05, 0.1) is 0 Å². The third-order valence-corrected chi connectivity index (χ3v) is 2.61. The predicted molar refractivity (Wildman–Crippen MR) is 64.5 cm³/mol. The van der Waals surface area contributed by atoms with Crippen LogP contribution in [-0.2, 0) is 4.74 Å². The summed E-state index contributed by atoms with van der Waals surface area (Å²) < 4.78 is 5.33. The van der Waals surface area contributed by atoms with E-state index in [1.54, 1.807) is 4.90 Å². The van der Waals surface area contributed by atoms with Crippen molar-refractivity contribution in [3.8, 4) is 0 Å². The number of hydrogen-bond acceptors (Lipinski definition) is 3. The van der Waals surface area contributed by atoms with Crippen LogP contribution >= 0.6 is 0 Å². The van der Waals surface area contributed by atoms with Gasteiger partial charge in [-0.2, -0.15) is 0 Å². The first kappa shape index (κ1) is 13.6. The molecule has 0 saturated carbocycles. The lowest BCUT2D eigenvalue weighted by Gasteiger charge is -2.27. The van der Waals surface area contributed by atoms with Crippen LogP contribution in [-0.4, -0.2) is 35.7 Å². The van der Waals surface area contributed by atoms with Crippen LogP contribution in [0.1, 0.15) is 34.1 Å². The summed E-state index contributed by atoms with van der Waals surface area (Å²) in [6.45, 7) is 8.58. The molecule has 1 fully saturated rings. The number of nitrogens with zero attached hydrogens (tertiary/aromatic N) is 4. The molecule has 0 N–H and O–H groups in total. The largest absolute Gasteiger partial charge is 0.444 e. The molecule has 96 valence electrons. The molecule has 0 bridgehead atoms. The van der Waals surface area contributed by atoms with Crippen LogP contribution in [0.5, 0.6) is 0 Å². The lowest BCUT2D eigenvalue weighted by Crippen LogP contribution is -2.41. The van der Waals surface area contributed by atoms with Gasteiger partial charge < -0.3 is 9.64 Å². The lowest BCUT2D eigenvalue weighted by molar-refractivity contribution is 0.0228. The second-order valence-corrected chi connectivity index (χ2v) is 5.54. The van der Waals surface area contributed by atoms with Crippen molar-refractivity contribution in [2.45, 2.75) is 45.8 Å². The molecule has 0 aromatic heterocycles. The minimum atomic E-state index is -0.494. The van der Waals surface area contributed by atoms with Gasteiger partial charge in [-0.15, -0.1) is 0 Å². The van der Waals surface area contributed by atoms with Crippen molar-refractivity contribution in [1.29, 1.82) is 0 Å². The van der Waals surface area contributed by atoms with E-state index in [0.29, 0.717) is 19.0 Å². The van der Waals surface area contributed by atoms with Crippen LogP contribution in [0, 0.1) is 5.92 Å². The fraction of sp³-hybridized carbons (Fsp3) is 0.909. The second kappa shape index (κ2) is 5.27. The van der Waals surface area contributed by atoms with Gasteiger partial charge in [0.2, 0.25) is 0 Å². The molecule has 6 nitrogen and oxygen atoms in total. The summed E-state index contributed by atoms with van der Waals surface area (Å²) in [7, 11) is 0. The maximum atomic E-state index is 11.9. The SMILES string of the molecule is CC1CC(CN=[N+]=[N-])N(C(=O)OC(C)(C)C)C1. The number of ether oxygens (including phenoxy) is 1. The van der Waals surface area contributed by atoms with E-state index in [-0.39, 0.29) is 12.1 Å². The van der Waals surface area contributed by atoms with E-state index in [1.165, 1.54) is 0 Å². The van der Waals surface area contributed by atoms with E-state index < -0.39 is 5.60 Å². The first-order valence-electron chi connectivity index (χ1n) is 5.84. The smallest absolute Gasteiger partial charge is 0.410 e. The van der Waals surface area contributed by atoms with Gasteiger partial charge in [-0.3, -0.25) is 0 Å². The highest BCUT2D eigenvalue weighted by molar-refractivity contribution is 5.69. The Balaban J connectivity index is 2.66. The van der Waals surface area contributed by atoms with Crippen molar-refractivity contribution in [1.82, 2.24) is 4.90 Å². The quantitative estimate of drug-likeness (QED) is 0.422. The van der Waals surface area contributed by atoms with Gasteiger partial charge in [-0.05, 0) is 38.6 Å². The van der Waals surface area contributed by atoms with Crippen LogP contribution in [0.25, 0.3) is 10.4 Å². The standard InChI is InChI=1S/C11H20N4O2/c1-8-5-9(6-13-14-12)15(7-8)10(16)17-11(2,3)4/h8-9H,5-7H2,1-4H3. The summed E-state index contributed by atoms with van der Waals surface area (Å²) in [6.07, 6.45) is 0.540. The Morgan fingerprint density at radius 2 is 2.24 bits per heavy atom. The van der Waals surface area contributed by atoms with E-state index in [0.717, 1.165) is 6.42 Å². The van der Waals surface area contributed by atoms with Gasteiger partial charge in [-0.25, -0.2) is 4.79 Å². The van der Waals surface area contributed by atoms with Crippen LogP contribution in [0.4, 0.5) is 4.79 Å². The third-order valence-electron chi connectivity index (χ3n) is 2.61. The van der Waals surface area contributed by atoms with E-state index in [2.05, 4.69) is 16.9 Å². The van der Waals surface area contributed by atoms with Crippen LogP contribution in [0.3, 0.4) is 0 Å². The highest BCUT2D eigenvalue weighted by atomic mass is 16.6. The molecule has 1 aliphatic heterocycles. The summed E-state index contributed by atoms with van der Waals surface area (Å²) in [5, 5.41) is 3.55. The molecule has 0 radical (unpaired) electrons. The van der Waals surface area contributed by atoms with Gasteiger partial charge in [-0.1, -0.05) is 12.0 Å². The molecule has 6 heteroatoms. The van der Waals surface area contributed by atoms with Gasteiger partial charge in [0.25, 0.3) is 0 Å². The van der Waals surface area contributed by atoms with E-state index in [9.17, 15) is 4.79 Å². The number of azide groups is 1. The van der Waals surface area contributed by atoms with Crippen LogP contribution in [0.15, 0.2) is 5.11 Å². The molecule has 2 atom stereocenters. The molecule has 1 saturated heterocycles. The van der Waals surface area contributed by atoms with Crippen molar-refractivity contribution in [3.63, 3.8) is 0 Å². The molecule has 0 spiro atoms. The zero-order valence-electron chi connectivity index (χ0n) is 10.9. The molecule has 2 unspecified atom stereocenters. The highest BCUT2D eigenvalue weighted by Gasteiger charge is 2.35. The summed E-state index contributed by atoms with van der Waals surface area (Å²) in [4.78, 5) is 16.4. The molecular weight excluding hydrogens is 220 g/mol. The average Bonchev–Trinajstić information content (AvgIpc) is 2.54. The van der Waals surface area contributed by atoms with Crippen molar-refractivity contribution in [2.24, 2.45) is 11.0 Å². The zero-order chi connectivity index (χ0) is 13.1. The molecule has 1 amide bonds. The lowest BCUT2D eigenvalue weighted by atomic mass is 10.1. The summed E-state index contributed by atoms with van der Waals surface area (Å²) in [6, 6.07) is -0.0317. The Labute approximate surface area is 102 Å². The third kappa shape index (κ3) is 4.15. The minimum Gasteiger partial charge on any atom is -0.444 e. The molecule has 1 aliphatic rings. The average molecular weight is 240 g/mol. The highest BCUT2D eigenvalue weighted by Crippen LogP contribution is 2.25. The Bertz CT molecular complexity index is 331. The molecule has 1 heterocycles. The summed E-state index contributed by atoms with van der Waals surface area (Å²) in [5.41, 5.74) is 7.83. The van der Waals surface area contributed by atoms with Crippen molar-refractivity contribution in [2.75, 3.05) is 13.1 Å². The molecule has 17 heavy (non-hydrogen) atoms. The Kier molecular flexibility index (Phi) is 4.23. The molecule has 0 aromatic carbocycles. The zero-order valence-corrected chi connectivity index (χ0v) is 10.9. The van der Waals surface area contributed by atoms with Crippen molar-refractivity contribution >= 4 is 6.09 Å². The van der Waals surface area contributed by atoms with Crippen LogP contribution in [0.2, 0.25) is 0 Å². The van der Waals surface area contributed by atoms with E-state index in [4.69, 9.17) is 10.3 Å². The Morgan fingerprint density at radius 1 is 1.59 bits per heavy atom. The number of hydrogen-bond donors (Lipinski definition) is 0. The van der Waals surface area contributed by atoms with E-state index in [1.807, 2.05) is 20.8 Å². The summed E-state index contributed by atoms with van der Waals surface area (Å²) in [5.74, 6) is 0.418. The predicted octanol–water partition coefficient (Wildman–Crippen LogP) is 2.94. The first-order chi connectivity index (χ1) is 7.83. The van der Waals surface area contributed by atoms with Crippen molar-refractivity contribution in [3.05, 3.63) is 10.4 Å². The molecule has 1 rings (SSSR count). The number of rotatable bonds is 2. The second-order valence-electron chi connectivity index (χ2n) is 5.54. The monoisotopic (exact) mass is 240 g/mol. The number of amides is 1. The van der Waals surface area contributed by atoms with Gasteiger partial charge >= 0.3 is 6.09 Å². The fourth-order valence-corrected chi connectivity index (χ4v) is 2.00. The van der Waals surface area contributed by atoms with Crippen molar-refractivity contribution < 1.29 is 9.53 Å². The number of likely N-dealkylation sites (tertiary alicyclic amines) is 1. The first-order valence-corrected chi connectivity index (χ1v) is 5.84. The van der Waals surface area contributed by atoms with Gasteiger partial charge in [0, 0.05) is 24.0 Å². The normalized spacial score (nSPS) is 24.4. The number of carbonyl (C=O) groups excluding carboxylic acids is 1. The molecule has 0 aromatic rings.